The Balaban J connectivity index is 1.46. The number of hydrogen-bond acceptors (Lipinski definition) is 7. The average Bonchev–Trinajstić information content (AvgIpc) is 3.24. The van der Waals surface area contributed by atoms with Crippen molar-refractivity contribution in [3.05, 3.63) is 82.2 Å². The molecule has 1 aliphatic carbocycles. The van der Waals surface area contributed by atoms with E-state index in [2.05, 4.69) is 22.1 Å². The van der Waals surface area contributed by atoms with Crippen LogP contribution in [0.1, 0.15) is 39.7 Å². The smallest absolute Gasteiger partial charge is 0.341 e. The molecule has 1 aliphatic rings. The van der Waals surface area contributed by atoms with Crippen LogP contribution in [0.25, 0.3) is 10.8 Å². The van der Waals surface area contributed by atoms with Gasteiger partial charge in [-0.1, -0.05) is 43.3 Å². The molecule has 3 aromatic carbocycles. The van der Waals surface area contributed by atoms with Crippen LogP contribution in [0.4, 0.5) is 16.4 Å². The molecule has 0 bridgehead atoms. The number of nitrogens with zero attached hydrogens (tertiary/aromatic N) is 3. The molecular weight excluding hydrogens is 458 g/mol. The fourth-order valence-corrected chi connectivity index (χ4v) is 5.73. The summed E-state index contributed by atoms with van der Waals surface area (Å²) < 4.78 is 5.04. The summed E-state index contributed by atoms with van der Waals surface area (Å²) in [5.74, 6) is 0.287. The predicted octanol–water partition coefficient (Wildman–Crippen LogP) is 7.68. The van der Waals surface area contributed by atoms with E-state index in [1.54, 1.807) is 24.4 Å². The maximum absolute atomic E-state index is 12.5. The van der Waals surface area contributed by atoms with Gasteiger partial charge in [-0.25, -0.2) is 9.79 Å². The Morgan fingerprint density at radius 1 is 1.11 bits per heavy atom. The molecule has 176 valence electrons. The van der Waals surface area contributed by atoms with Gasteiger partial charge >= 0.3 is 5.97 Å². The Bertz CT molecular complexity index is 1470. The first-order valence-electron chi connectivity index (χ1n) is 11.5. The lowest BCUT2D eigenvalue weighted by Gasteiger charge is -2.18. The topological polar surface area (TPSA) is 83.6 Å². The number of aliphatic imine (C=N–C) groups is 1. The molecule has 0 amide bonds. The highest BCUT2D eigenvalue weighted by Gasteiger charge is 2.27. The van der Waals surface area contributed by atoms with Crippen molar-refractivity contribution in [2.75, 3.05) is 7.11 Å². The van der Waals surface area contributed by atoms with Crippen molar-refractivity contribution in [3.63, 3.8) is 0 Å². The number of phenolic OH excluding ortho intramolecular Hbond substituents is 1. The summed E-state index contributed by atoms with van der Waals surface area (Å²) >= 11 is 1.52. The molecule has 7 heteroatoms. The van der Waals surface area contributed by atoms with Gasteiger partial charge in [-0.2, -0.15) is 5.11 Å². The Kier molecular flexibility index (Phi) is 6.42. The monoisotopic (exact) mass is 483 g/mol. The minimum atomic E-state index is -0.369. The number of carbonyl (C=O) groups is 1. The summed E-state index contributed by atoms with van der Waals surface area (Å²) in [6.07, 6.45) is 4.40. The summed E-state index contributed by atoms with van der Waals surface area (Å²) in [5.41, 5.74) is 3.45. The molecule has 1 aromatic heterocycles. The van der Waals surface area contributed by atoms with Gasteiger partial charge in [0.2, 0.25) is 0 Å². The van der Waals surface area contributed by atoms with Crippen LogP contribution < -0.4 is 0 Å². The lowest BCUT2D eigenvalue weighted by molar-refractivity contribution is 0.0600. The van der Waals surface area contributed by atoms with Gasteiger partial charge in [0, 0.05) is 22.0 Å². The first kappa shape index (κ1) is 22.9. The van der Waals surface area contributed by atoms with Crippen molar-refractivity contribution in [1.29, 1.82) is 0 Å². The quantitative estimate of drug-likeness (QED) is 0.179. The van der Waals surface area contributed by atoms with Gasteiger partial charge in [0.1, 0.15) is 10.8 Å². The number of thiophene rings is 1. The minimum Gasteiger partial charge on any atom is -0.507 e. The van der Waals surface area contributed by atoms with Crippen LogP contribution in [0.15, 0.2) is 75.9 Å². The van der Waals surface area contributed by atoms with Crippen LogP contribution in [0, 0.1) is 5.92 Å². The number of esters is 1. The number of carbonyl (C=O) groups excluding carboxylic acids is 1. The van der Waals surface area contributed by atoms with Crippen molar-refractivity contribution < 1.29 is 14.6 Å². The maximum atomic E-state index is 12.5. The van der Waals surface area contributed by atoms with Crippen LogP contribution in [-0.4, -0.2) is 24.4 Å². The second-order valence-corrected chi connectivity index (χ2v) is 9.81. The molecule has 0 spiro atoms. The van der Waals surface area contributed by atoms with Crippen LogP contribution in [-0.2, 0) is 17.6 Å². The zero-order valence-corrected chi connectivity index (χ0v) is 20.4. The summed E-state index contributed by atoms with van der Waals surface area (Å²) in [7, 11) is 1.39. The number of fused-ring (bicyclic) bond motifs is 2. The molecule has 0 saturated carbocycles. The highest BCUT2D eigenvalue weighted by atomic mass is 32.1. The number of methoxy groups -OCH3 is 1. The van der Waals surface area contributed by atoms with Gasteiger partial charge in [0.25, 0.3) is 0 Å². The first-order valence-corrected chi connectivity index (χ1v) is 12.3. The SMILES string of the molecule is COC(=O)c1c(N=Cc2cc(N=Nc3cccc4ccccc34)ccc2O)sc2c1CC[C@H](C)C2. The van der Waals surface area contributed by atoms with E-state index in [0.29, 0.717) is 27.7 Å². The molecule has 1 N–H and O–H groups in total. The molecule has 0 unspecified atom stereocenters. The molecule has 0 fully saturated rings. The number of ether oxygens (including phenoxy) is 1. The van der Waals surface area contributed by atoms with E-state index in [1.807, 2.05) is 42.5 Å². The fourth-order valence-electron chi connectivity index (χ4n) is 4.38. The van der Waals surface area contributed by atoms with Gasteiger partial charge in [-0.05, 0) is 60.4 Å². The van der Waals surface area contributed by atoms with E-state index in [9.17, 15) is 9.90 Å². The second kappa shape index (κ2) is 9.80. The van der Waals surface area contributed by atoms with E-state index >= 15 is 0 Å². The highest BCUT2D eigenvalue weighted by molar-refractivity contribution is 7.16. The minimum absolute atomic E-state index is 0.0763. The normalized spacial score (nSPS) is 15.7. The third-order valence-electron chi connectivity index (χ3n) is 6.25. The lowest BCUT2D eigenvalue weighted by atomic mass is 9.88. The molecule has 1 atom stereocenters. The number of hydrogen-bond donors (Lipinski definition) is 1. The largest absolute Gasteiger partial charge is 0.507 e. The van der Waals surface area contributed by atoms with Crippen LogP contribution in [0.3, 0.4) is 0 Å². The van der Waals surface area contributed by atoms with Gasteiger partial charge in [0.05, 0.1) is 24.0 Å². The number of phenols is 1. The molecule has 5 rings (SSSR count). The second-order valence-electron chi connectivity index (χ2n) is 8.72. The molecular formula is C28H25N3O3S. The van der Waals surface area contributed by atoms with E-state index < -0.39 is 0 Å². The van der Waals surface area contributed by atoms with Crippen molar-refractivity contribution >= 4 is 50.7 Å². The number of rotatable bonds is 5. The molecule has 4 aromatic rings. The van der Waals surface area contributed by atoms with E-state index in [4.69, 9.17) is 4.74 Å². The molecule has 0 saturated heterocycles. The predicted molar refractivity (Wildman–Crippen MR) is 140 cm³/mol. The van der Waals surface area contributed by atoms with E-state index in [-0.39, 0.29) is 11.7 Å². The standard InChI is InChI=1S/C28H25N3O3S/c1-17-10-12-22-25(14-17)35-27(26(22)28(33)34-2)29-16-19-15-20(11-13-24(19)32)30-31-23-9-5-7-18-6-3-4-8-21(18)23/h3-9,11,13,15-17,32H,10,12,14H2,1-2H3/t17-/m0/s1. The Morgan fingerprint density at radius 3 is 2.80 bits per heavy atom. The number of aromatic hydroxyl groups is 1. The van der Waals surface area contributed by atoms with E-state index in [1.165, 1.54) is 23.3 Å². The molecule has 6 nitrogen and oxygen atoms in total. The fraction of sp³-hybridized carbons (Fsp3) is 0.214. The molecule has 1 heterocycles. The average molecular weight is 484 g/mol. The van der Waals surface area contributed by atoms with Gasteiger partial charge in [-0.3, -0.25) is 0 Å². The molecule has 0 radical (unpaired) electrons. The zero-order chi connectivity index (χ0) is 24.4. The summed E-state index contributed by atoms with van der Waals surface area (Å²) in [6, 6.07) is 18.9. The van der Waals surface area contributed by atoms with Crippen molar-refractivity contribution in [3.8, 4) is 5.75 Å². The van der Waals surface area contributed by atoms with Crippen LogP contribution in [0.5, 0.6) is 5.75 Å². The van der Waals surface area contributed by atoms with Gasteiger partial charge in [-0.15, -0.1) is 16.5 Å². The maximum Gasteiger partial charge on any atom is 0.341 e. The van der Waals surface area contributed by atoms with Gasteiger partial charge < -0.3 is 9.84 Å². The lowest BCUT2D eigenvalue weighted by Crippen LogP contribution is -2.12. The number of benzene rings is 3. The van der Waals surface area contributed by atoms with Crippen molar-refractivity contribution in [2.24, 2.45) is 21.1 Å². The summed E-state index contributed by atoms with van der Waals surface area (Å²) in [6.45, 7) is 2.22. The van der Waals surface area contributed by atoms with Crippen molar-refractivity contribution in [1.82, 2.24) is 0 Å². The summed E-state index contributed by atoms with van der Waals surface area (Å²) in [5, 5.41) is 21.9. The molecule has 0 aliphatic heterocycles. The Hall–Kier alpha value is -3.84. The van der Waals surface area contributed by atoms with Crippen molar-refractivity contribution in [2.45, 2.75) is 26.2 Å². The number of azo groups is 1. The third-order valence-corrected chi connectivity index (χ3v) is 7.42. The van der Waals surface area contributed by atoms with E-state index in [0.717, 1.165) is 41.3 Å². The highest BCUT2D eigenvalue weighted by Crippen LogP contribution is 2.41. The van der Waals surface area contributed by atoms with Crippen LogP contribution >= 0.6 is 11.3 Å². The summed E-state index contributed by atoms with van der Waals surface area (Å²) in [4.78, 5) is 18.3. The Morgan fingerprint density at radius 2 is 1.94 bits per heavy atom. The molecule has 35 heavy (non-hydrogen) atoms. The Labute approximate surface area is 207 Å². The first-order chi connectivity index (χ1) is 17.0. The van der Waals surface area contributed by atoms with Gasteiger partial charge in [0.15, 0.2) is 0 Å². The zero-order valence-electron chi connectivity index (χ0n) is 19.6. The van der Waals surface area contributed by atoms with Crippen LogP contribution in [0.2, 0.25) is 0 Å². The third kappa shape index (κ3) is 4.72.